The Hall–Kier alpha value is -1.51. The van der Waals surface area contributed by atoms with Gasteiger partial charge in [0.25, 0.3) is 0 Å². The van der Waals surface area contributed by atoms with Crippen molar-refractivity contribution in [3.05, 3.63) is 29.3 Å². The van der Waals surface area contributed by atoms with Crippen LogP contribution in [-0.4, -0.2) is 18.6 Å². The van der Waals surface area contributed by atoms with Gasteiger partial charge in [0.15, 0.2) is 0 Å². The number of ether oxygens (including phenoxy) is 1. The van der Waals surface area contributed by atoms with Gasteiger partial charge in [0, 0.05) is 12.2 Å². The normalized spacial score (nSPS) is 25.5. The molecule has 102 valence electrons. The van der Waals surface area contributed by atoms with E-state index in [1.165, 1.54) is 18.4 Å². The van der Waals surface area contributed by atoms with Crippen LogP contribution in [0.2, 0.25) is 0 Å². The molecule has 1 heterocycles. The quantitative estimate of drug-likeness (QED) is 0.827. The van der Waals surface area contributed by atoms with Gasteiger partial charge in [-0.25, -0.2) is 4.79 Å². The minimum absolute atomic E-state index is 0.116. The van der Waals surface area contributed by atoms with E-state index in [1.807, 2.05) is 18.2 Å². The first-order valence-corrected chi connectivity index (χ1v) is 7.30. The highest BCUT2D eigenvalue weighted by atomic mass is 16.5. The van der Waals surface area contributed by atoms with Gasteiger partial charge in [0.1, 0.15) is 6.10 Å². The van der Waals surface area contributed by atoms with Crippen LogP contribution in [0.3, 0.4) is 0 Å². The lowest BCUT2D eigenvalue weighted by Crippen LogP contribution is -2.23. The lowest BCUT2D eigenvalue weighted by atomic mass is 9.89. The van der Waals surface area contributed by atoms with Crippen LogP contribution in [0.15, 0.2) is 18.2 Å². The summed E-state index contributed by atoms with van der Waals surface area (Å²) in [4.78, 5) is 12.1. The lowest BCUT2D eigenvalue weighted by Gasteiger charge is -2.26. The zero-order valence-corrected chi connectivity index (χ0v) is 11.4. The minimum atomic E-state index is -0.170. The van der Waals surface area contributed by atoms with Crippen LogP contribution in [0.25, 0.3) is 0 Å². The second-order valence-electron chi connectivity index (χ2n) is 5.84. The van der Waals surface area contributed by atoms with Crippen LogP contribution in [-0.2, 0) is 11.2 Å². The molecule has 19 heavy (non-hydrogen) atoms. The first-order valence-electron chi connectivity index (χ1n) is 7.30. The highest BCUT2D eigenvalue weighted by Gasteiger charge is 2.22. The van der Waals surface area contributed by atoms with E-state index >= 15 is 0 Å². The molecule has 0 unspecified atom stereocenters. The van der Waals surface area contributed by atoms with Crippen molar-refractivity contribution in [2.75, 3.05) is 11.9 Å². The fourth-order valence-corrected chi connectivity index (χ4v) is 2.98. The smallest absolute Gasteiger partial charge is 0.338 e. The number of carbonyl (C=O) groups is 1. The second-order valence-corrected chi connectivity index (χ2v) is 5.84. The van der Waals surface area contributed by atoms with Crippen LogP contribution < -0.4 is 5.32 Å². The van der Waals surface area contributed by atoms with Crippen LogP contribution in [0.4, 0.5) is 5.69 Å². The Morgan fingerprint density at radius 1 is 1.26 bits per heavy atom. The molecule has 1 aromatic rings. The Morgan fingerprint density at radius 2 is 2.05 bits per heavy atom. The Bertz CT molecular complexity index is 476. The topological polar surface area (TPSA) is 38.3 Å². The zero-order chi connectivity index (χ0) is 13.2. The van der Waals surface area contributed by atoms with Crippen molar-refractivity contribution in [1.82, 2.24) is 0 Å². The van der Waals surface area contributed by atoms with Gasteiger partial charge < -0.3 is 10.1 Å². The molecule has 1 fully saturated rings. The Kier molecular flexibility index (Phi) is 3.45. The van der Waals surface area contributed by atoms with Crippen molar-refractivity contribution < 1.29 is 9.53 Å². The molecule has 1 aliphatic carbocycles. The van der Waals surface area contributed by atoms with Gasteiger partial charge in [-0.3, -0.25) is 0 Å². The first kappa shape index (κ1) is 12.5. The summed E-state index contributed by atoms with van der Waals surface area (Å²) < 4.78 is 5.62. The van der Waals surface area contributed by atoms with E-state index in [2.05, 4.69) is 12.2 Å². The zero-order valence-electron chi connectivity index (χ0n) is 11.4. The summed E-state index contributed by atoms with van der Waals surface area (Å²) in [6.07, 6.45) is 5.52. The number of hydrogen-bond donors (Lipinski definition) is 1. The third-order valence-corrected chi connectivity index (χ3v) is 4.29. The molecule has 3 heteroatoms. The molecule has 1 N–H and O–H groups in total. The maximum atomic E-state index is 12.1. The van der Waals surface area contributed by atoms with Gasteiger partial charge in [0.05, 0.1) is 5.56 Å². The van der Waals surface area contributed by atoms with E-state index in [4.69, 9.17) is 4.74 Å². The van der Waals surface area contributed by atoms with Crippen LogP contribution in [0.5, 0.6) is 0 Å². The number of benzene rings is 1. The average molecular weight is 259 g/mol. The van der Waals surface area contributed by atoms with Gasteiger partial charge in [-0.1, -0.05) is 13.0 Å². The molecule has 0 spiro atoms. The Morgan fingerprint density at radius 3 is 2.84 bits per heavy atom. The molecule has 0 atom stereocenters. The molecular formula is C16H21NO2. The van der Waals surface area contributed by atoms with Crippen molar-refractivity contribution in [3.63, 3.8) is 0 Å². The third-order valence-electron chi connectivity index (χ3n) is 4.29. The number of esters is 1. The van der Waals surface area contributed by atoms with E-state index in [1.54, 1.807) is 0 Å². The monoisotopic (exact) mass is 259 g/mol. The lowest BCUT2D eigenvalue weighted by molar-refractivity contribution is 0.0174. The SMILES string of the molecule is CC1CCC(OC(=O)c2ccc3c(c2)NCC3)CC1. The number of hydrogen-bond acceptors (Lipinski definition) is 3. The summed E-state index contributed by atoms with van der Waals surface area (Å²) in [5, 5.41) is 3.30. The largest absolute Gasteiger partial charge is 0.459 e. The van der Waals surface area contributed by atoms with Crippen molar-refractivity contribution in [1.29, 1.82) is 0 Å². The molecule has 0 amide bonds. The first-order chi connectivity index (χ1) is 9.22. The molecule has 3 nitrogen and oxygen atoms in total. The summed E-state index contributed by atoms with van der Waals surface area (Å²) in [6, 6.07) is 5.85. The van der Waals surface area contributed by atoms with Crippen LogP contribution in [0, 0.1) is 5.92 Å². The number of anilines is 1. The van der Waals surface area contributed by atoms with Crippen LogP contribution in [0.1, 0.15) is 48.5 Å². The highest BCUT2D eigenvalue weighted by Crippen LogP contribution is 2.27. The van der Waals surface area contributed by atoms with E-state index in [9.17, 15) is 4.79 Å². The van der Waals surface area contributed by atoms with E-state index in [0.29, 0.717) is 5.56 Å². The number of fused-ring (bicyclic) bond motifs is 1. The average Bonchev–Trinajstić information content (AvgIpc) is 2.88. The van der Waals surface area contributed by atoms with Gasteiger partial charge >= 0.3 is 5.97 Å². The molecule has 3 rings (SSSR count). The number of carbonyl (C=O) groups excluding carboxylic acids is 1. The van der Waals surface area contributed by atoms with Gasteiger partial charge in [-0.2, -0.15) is 0 Å². The minimum Gasteiger partial charge on any atom is -0.459 e. The van der Waals surface area contributed by atoms with E-state index < -0.39 is 0 Å². The van der Waals surface area contributed by atoms with Crippen molar-refractivity contribution >= 4 is 11.7 Å². The fraction of sp³-hybridized carbons (Fsp3) is 0.562. The van der Waals surface area contributed by atoms with E-state index in [0.717, 1.165) is 37.4 Å². The molecule has 1 aromatic carbocycles. The molecule has 2 aliphatic rings. The molecule has 0 radical (unpaired) electrons. The van der Waals surface area contributed by atoms with Crippen molar-refractivity contribution in [3.8, 4) is 0 Å². The molecule has 1 saturated carbocycles. The molecular weight excluding hydrogens is 238 g/mol. The predicted octanol–water partition coefficient (Wildman–Crippen LogP) is 3.39. The Labute approximate surface area is 114 Å². The van der Waals surface area contributed by atoms with E-state index in [-0.39, 0.29) is 12.1 Å². The maximum Gasteiger partial charge on any atom is 0.338 e. The molecule has 1 aliphatic heterocycles. The summed E-state index contributed by atoms with van der Waals surface area (Å²) >= 11 is 0. The predicted molar refractivity (Wildman–Crippen MR) is 75.5 cm³/mol. The van der Waals surface area contributed by atoms with Gasteiger partial charge in [-0.15, -0.1) is 0 Å². The fourth-order valence-electron chi connectivity index (χ4n) is 2.98. The number of nitrogens with one attached hydrogen (secondary N) is 1. The molecule has 0 aromatic heterocycles. The molecule has 0 saturated heterocycles. The summed E-state index contributed by atoms with van der Waals surface area (Å²) in [7, 11) is 0. The highest BCUT2D eigenvalue weighted by molar-refractivity contribution is 5.91. The second kappa shape index (κ2) is 5.24. The maximum absolute atomic E-state index is 12.1. The molecule has 0 bridgehead atoms. The summed E-state index contributed by atoms with van der Waals surface area (Å²) in [6.45, 7) is 3.23. The van der Waals surface area contributed by atoms with Crippen LogP contribution >= 0.6 is 0 Å². The summed E-state index contributed by atoms with van der Waals surface area (Å²) in [5.41, 5.74) is 3.06. The summed E-state index contributed by atoms with van der Waals surface area (Å²) in [5.74, 6) is 0.607. The van der Waals surface area contributed by atoms with Crippen molar-refractivity contribution in [2.24, 2.45) is 5.92 Å². The van der Waals surface area contributed by atoms with Crippen molar-refractivity contribution in [2.45, 2.75) is 45.1 Å². The Balaban J connectivity index is 1.64. The van der Waals surface area contributed by atoms with Gasteiger partial charge in [-0.05, 0) is 55.7 Å². The number of rotatable bonds is 2. The standard InChI is InChI=1S/C16H21NO2/c1-11-2-6-14(7-3-11)19-16(18)13-5-4-12-8-9-17-15(12)10-13/h4-5,10-11,14,17H,2-3,6-9H2,1H3. The third kappa shape index (κ3) is 2.75. The van der Waals surface area contributed by atoms with Gasteiger partial charge in [0.2, 0.25) is 0 Å².